The van der Waals surface area contributed by atoms with Gasteiger partial charge in [0.1, 0.15) is 16.2 Å². The van der Waals surface area contributed by atoms with E-state index in [0.717, 1.165) is 22.7 Å². The predicted octanol–water partition coefficient (Wildman–Crippen LogP) is 3.54. The van der Waals surface area contributed by atoms with Crippen molar-refractivity contribution in [1.82, 2.24) is 9.97 Å². The van der Waals surface area contributed by atoms with Crippen LogP contribution in [-0.2, 0) is 12.8 Å². The van der Waals surface area contributed by atoms with Crippen molar-refractivity contribution >= 4 is 33.3 Å². The molecule has 4 rings (SSSR count). The Labute approximate surface area is 131 Å². The second kappa shape index (κ2) is 5.40. The highest BCUT2D eigenvalue weighted by Gasteiger charge is 2.23. The van der Waals surface area contributed by atoms with Gasteiger partial charge in [-0.2, -0.15) is 0 Å². The molecule has 1 aliphatic carbocycles. The normalized spacial score (nSPS) is 13.2. The van der Waals surface area contributed by atoms with Gasteiger partial charge in [-0.25, -0.2) is 9.97 Å². The number of aromatic nitrogens is 2. The van der Waals surface area contributed by atoms with Crippen LogP contribution in [0.5, 0.6) is 0 Å². The number of benzene rings is 1. The minimum atomic E-state index is 0.166. The molecule has 3 aromatic rings. The molecule has 21 heavy (non-hydrogen) atoms. The Kier molecular flexibility index (Phi) is 3.41. The lowest BCUT2D eigenvalue weighted by Gasteiger charge is -2.16. The number of aryl methyl sites for hydroxylation is 2. The van der Waals surface area contributed by atoms with Gasteiger partial charge < -0.3 is 5.11 Å². The molecule has 0 fully saturated rings. The number of hydrogen-bond acceptors (Lipinski definition) is 5. The number of rotatable bonds is 3. The molecule has 0 atom stereocenters. The monoisotopic (exact) mass is 314 g/mol. The van der Waals surface area contributed by atoms with Gasteiger partial charge in [0.2, 0.25) is 0 Å². The van der Waals surface area contributed by atoms with Crippen LogP contribution in [0.25, 0.3) is 21.3 Å². The summed E-state index contributed by atoms with van der Waals surface area (Å²) >= 11 is 3.39. The van der Waals surface area contributed by atoms with E-state index in [1.165, 1.54) is 27.0 Å². The Morgan fingerprint density at radius 3 is 3.00 bits per heavy atom. The Bertz CT molecular complexity index is 813. The van der Waals surface area contributed by atoms with E-state index in [1.807, 2.05) is 0 Å². The van der Waals surface area contributed by atoms with Gasteiger partial charge in [0.25, 0.3) is 0 Å². The molecule has 0 aliphatic heterocycles. The highest BCUT2D eigenvalue weighted by molar-refractivity contribution is 7.99. The predicted molar refractivity (Wildman–Crippen MR) is 88.1 cm³/mol. The van der Waals surface area contributed by atoms with Crippen LogP contribution < -0.4 is 0 Å². The Morgan fingerprint density at radius 1 is 1.19 bits per heavy atom. The lowest BCUT2D eigenvalue weighted by molar-refractivity contribution is 0.322. The summed E-state index contributed by atoms with van der Waals surface area (Å²) in [6, 6.07) is 8.62. The first-order valence-electron chi connectivity index (χ1n) is 6.97. The molecule has 0 saturated heterocycles. The van der Waals surface area contributed by atoms with Crippen LogP contribution in [0.15, 0.2) is 35.6 Å². The maximum absolute atomic E-state index is 9.08. The number of fused-ring (bicyclic) bond motifs is 5. The fraction of sp³-hybridized carbons (Fsp3) is 0.250. The molecule has 1 aromatic carbocycles. The number of thioether (sulfide) groups is 1. The maximum atomic E-state index is 9.08. The molecule has 2 aromatic heterocycles. The van der Waals surface area contributed by atoms with Crippen LogP contribution in [0.3, 0.4) is 0 Å². The van der Waals surface area contributed by atoms with Crippen LogP contribution in [0.2, 0.25) is 0 Å². The summed E-state index contributed by atoms with van der Waals surface area (Å²) in [5, 5.41) is 11.2. The fourth-order valence-electron chi connectivity index (χ4n) is 2.90. The van der Waals surface area contributed by atoms with Crippen molar-refractivity contribution < 1.29 is 5.11 Å². The number of thiophene rings is 1. The van der Waals surface area contributed by atoms with E-state index in [0.29, 0.717) is 5.75 Å². The van der Waals surface area contributed by atoms with Crippen molar-refractivity contribution in [3.63, 3.8) is 0 Å². The molecule has 0 unspecified atom stereocenters. The summed E-state index contributed by atoms with van der Waals surface area (Å²) in [6.45, 7) is 0.166. The smallest absolute Gasteiger partial charge is 0.128 e. The van der Waals surface area contributed by atoms with Gasteiger partial charge in [-0.05, 0) is 24.0 Å². The average molecular weight is 314 g/mol. The standard InChI is InChI=1S/C16H14N2OS2/c19-7-8-20-15-14-13-11-4-2-1-3-10(11)5-6-12(13)21-16(14)18-9-17-15/h1-4,9,19H,5-8H2. The highest BCUT2D eigenvalue weighted by atomic mass is 32.2. The number of aliphatic hydroxyl groups excluding tert-OH is 1. The van der Waals surface area contributed by atoms with Crippen molar-refractivity contribution in [2.75, 3.05) is 12.4 Å². The number of aliphatic hydroxyl groups is 1. The molecule has 0 spiro atoms. The molecule has 3 nitrogen and oxygen atoms in total. The summed E-state index contributed by atoms with van der Waals surface area (Å²) in [5.41, 5.74) is 4.05. The lowest BCUT2D eigenvalue weighted by atomic mass is 9.89. The van der Waals surface area contributed by atoms with Gasteiger partial charge >= 0.3 is 0 Å². The largest absolute Gasteiger partial charge is 0.396 e. The van der Waals surface area contributed by atoms with Crippen LogP contribution >= 0.6 is 23.1 Å². The lowest BCUT2D eigenvalue weighted by Crippen LogP contribution is -2.01. The molecule has 1 aliphatic rings. The molecule has 0 radical (unpaired) electrons. The molecule has 2 heterocycles. The van der Waals surface area contributed by atoms with Crippen molar-refractivity contribution in [1.29, 1.82) is 0 Å². The third kappa shape index (κ3) is 2.16. The Hall–Kier alpha value is -1.43. The quantitative estimate of drug-likeness (QED) is 0.593. The van der Waals surface area contributed by atoms with Crippen LogP contribution in [-0.4, -0.2) is 27.4 Å². The SMILES string of the molecule is OCCSc1ncnc2sc3c(c12)-c1ccccc1CC3. The fourth-order valence-corrected chi connectivity index (χ4v) is 4.86. The van der Waals surface area contributed by atoms with E-state index in [9.17, 15) is 0 Å². The van der Waals surface area contributed by atoms with Crippen molar-refractivity contribution in [2.24, 2.45) is 0 Å². The van der Waals surface area contributed by atoms with Crippen LogP contribution in [0.1, 0.15) is 10.4 Å². The highest BCUT2D eigenvalue weighted by Crippen LogP contribution is 2.45. The maximum Gasteiger partial charge on any atom is 0.128 e. The molecule has 106 valence electrons. The molecule has 0 bridgehead atoms. The minimum absolute atomic E-state index is 0.166. The zero-order valence-electron chi connectivity index (χ0n) is 11.4. The second-order valence-electron chi connectivity index (χ2n) is 4.99. The first kappa shape index (κ1) is 13.2. The van der Waals surface area contributed by atoms with E-state index in [2.05, 4.69) is 34.2 Å². The molecule has 0 saturated carbocycles. The molecule has 0 amide bonds. The third-order valence-corrected chi connectivity index (χ3v) is 5.89. The van der Waals surface area contributed by atoms with E-state index in [-0.39, 0.29) is 6.61 Å². The summed E-state index contributed by atoms with van der Waals surface area (Å²) in [6.07, 6.45) is 3.82. The molecular formula is C16H14N2OS2. The minimum Gasteiger partial charge on any atom is -0.396 e. The summed E-state index contributed by atoms with van der Waals surface area (Å²) in [4.78, 5) is 11.4. The van der Waals surface area contributed by atoms with Crippen LogP contribution in [0, 0.1) is 0 Å². The Morgan fingerprint density at radius 2 is 2.10 bits per heavy atom. The van der Waals surface area contributed by atoms with E-state index in [1.54, 1.807) is 29.4 Å². The summed E-state index contributed by atoms with van der Waals surface area (Å²) < 4.78 is 0. The average Bonchev–Trinajstić information content (AvgIpc) is 2.92. The van der Waals surface area contributed by atoms with Gasteiger partial charge in [0.05, 0.1) is 12.0 Å². The zero-order chi connectivity index (χ0) is 14.2. The first-order valence-corrected chi connectivity index (χ1v) is 8.77. The second-order valence-corrected chi connectivity index (χ2v) is 7.16. The number of hydrogen-bond donors (Lipinski definition) is 1. The Balaban J connectivity index is 1.99. The first-order chi connectivity index (χ1) is 10.4. The van der Waals surface area contributed by atoms with Gasteiger partial charge in [-0.1, -0.05) is 24.3 Å². The summed E-state index contributed by atoms with van der Waals surface area (Å²) in [5.74, 6) is 0.665. The molecular weight excluding hydrogens is 300 g/mol. The van der Waals surface area contributed by atoms with Crippen molar-refractivity contribution in [3.05, 3.63) is 41.0 Å². The van der Waals surface area contributed by atoms with Gasteiger partial charge in [-0.3, -0.25) is 0 Å². The van der Waals surface area contributed by atoms with E-state index < -0.39 is 0 Å². The molecule has 1 N–H and O–H groups in total. The van der Waals surface area contributed by atoms with E-state index >= 15 is 0 Å². The summed E-state index contributed by atoms with van der Waals surface area (Å²) in [7, 11) is 0. The van der Waals surface area contributed by atoms with Crippen LogP contribution in [0.4, 0.5) is 0 Å². The topological polar surface area (TPSA) is 46.0 Å². The number of nitrogens with zero attached hydrogens (tertiary/aromatic N) is 2. The van der Waals surface area contributed by atoms with E-state index in [4.69, 9.17) is 5.11 Å². The molecule has 5 heteroatoms. The van der Waals surface area contributed by atoms with Gasteiger partial charge in [0, 0.05) is 16.2 Å². The zero-order valence-corrected chi connectivity index (χ0v) is 13.0. The van der Waals surface area contributed by atoms with Crippen molar-refractivity contribution in [3.8, 4) is 11.1 Å². The van der Waals surface area contributed by atoms with Crippen molar-refractivity contribution in [2.45, 2.75) is 17.9 Å². The third-order valence-electron chi connectivity index (χ3n) is 3.76. The van der Waals surface area contributed by atoms with Gasteiger partial charge in [0.15, 0.2) is 0 Å². The van der Waals surface area contributed by atoms with Gasteiger partial charge in [-0.15, -0.1) is 23.1 Å².